The number of guanidine groups is 1. The highest BCUT2D eigenvalue weighted by molar-refractivity contribution is 5.80. The predicted octanol–water partition coefficient (Wildman–Crippen LogP) is 3.27. The number of benzene rings is 2. The molecule has 7 nitrogen and oxygen atoms in total. The highest BCUT2D eigenvalue weighted by Crippen LogP contribution is 2.29. The van der Waals surface area contributed by atoms with Crippen LogP contribution in [0.1, 0.15) is 24.2 Å². The Hall–Kier alpha value is -3.48. The van der Waals surface area contributed by atoms with E-state index in [2.05, 4.69) is 66.5 Å². The van der Waals surface area contributed by atoms with Gasteiger partial charge in [-0.05, 0) is 30.5 Å². The van der Waals surface area contributed by atoms with Crippen LogP contribution in [-0.4, -0.2) is 48.8 Å². The number of para-hydroxylation sites is 2. The summed E-state index contributed by atoms with van der Waals surface area (Å²) in [7, 11) is 3.54. The Morgan fingerprint density at radius 3 is 2.78 bits per heavy atom. The van der Waals surface area contributed by atoms with Crippen LogP contribution < -0.4 is 20.3 Å². The number of hydrogen-bond donors (Lipinski definition) is 2. The average Bonchev–Trinajstić information content (AvgIpc) is 3.29. The van der Waals surface area contributed by atoms with E-state index in [4.69, 9.17) is 4.74 Å². The second kappa shape index (κ2) is 10.7. The molecular weight excluding hydrogens is 400 g/mol. The first kappa shape index (κ1) is 21.7. The van der Waals surface area contributed by atoms with Gasteiger partial charge in [0.05, 0.1) is 19.3 Å². The minimum absolute atomic E-state index is 0.309. The van der Waals surface area contributed by atoms with Crippen LogP contribution in [-0.2, 0) is 13.1 Å². The fourth-order valence-electron chi connectivity index (χ4n) is 4.19. The molecule has 1 aliphatic rings. The van der Waals surface area contributed by atoms with Crippen LogP contribution in [0.2, 0.25) is 0 Å². The van der Waals surface area contributed by atoms with Gasteiger partial charge < -0.3 is 24.8 Å². The predicted molar refractivity (Wildman–Crippen MR) is 129 cm³/mol. The summed E-state index contributed by atoms with van der Waals surface area (Å²) in [6, 6.07) is 19.0. The van der Waals surface area contributed by atoms with E-state index in [9.17, 15) is 0 Å². The van der Waals surface area contributed by atoms with Gasteiger partial charge in [0.15, 0.2) is 5.96 Å². The molecule has 0 bridgehead atoms. The molecule has 1 aliphatic heterocycles. The van der Waals surface area contributed by atoms with Crippen LogP contribution in [0.3, 0.4) is 0 Å². The SMILES string of the molecule is CN=C(NCc1nccn1Cc1ccccc1)NC1CCCN(c2ccccc2OC)C1. The van der Waals surface area contributed by atoms with Crippen molar-refractivity contribution in [2.24, 2.45) is 4.99 Å². The van der Waals surface area contributed by atoms with Crippen molar-refractivity contribution in [1.29, 1.82) is 0 Å². The standard InChI is InChI=1S/C25H32N6O/c1-26-25(28-17-24-27-14-16-31(24)18-20-9-4-3-5-10-20)29-21-11-8-15-30(19-21)22-12-6-7-13-23(22)32-2/h3-7,9-10,12-14,16,21H,8,11,15,17-19H2,1-2H3,(H2,26,28,29). The summed E-state index contributed by atoms with van der Waals surface area (Å²) in [5.74, 6) is 2.70. The number of anilines is 1. The molecule has 4 rings (SSSR count). The summed E-state index contributed by atoms with van der Waals surface area (Å²) in [5.41, 5.74) is 2.40. The summed E-state index contributed by atoms with van der Waals surface area (Å²) in [5, 5.41) is 7.03. The molecule has 0 radical (unpaired) electrons. The van der Waals surface area contributed by atoms with E-state index >= 15 is 0 Å². The van der Waals surface area contributed by atoms with E-state index in [1.54, 1.807) is 7.11 Å². The lowest BCUT2D eigenvalue weighted by molar-refractivity contribution is 0.408. The third-order valence-electron chi connectivity index (χ3n) is 5.82. The van der Waals surface area contributed by atoms with Gasteiger partial charge in [-0.3, -0.25) is 4.99 Å². The lowest BCUT2D eigenvalue weighted by Gasteiger charge is -2.36. The highest BCUT2D eigenvalue weighted by Gasteiger charge is 2.23. The molecule has 0 spiro atoms. The third-order valence-corrected chi connectivity index (χ3v) is 5.82. The van der Waals surface area contributed by atoms with Gasteiger partial charge in [0.1, 0.15) is 11.6 Å². The third kappa shape index (κ3) is 5.41. The van der Waals surface area contributed by atoms with E-state index in [1.165, 1.54) is 5.56 Å². The number of nitrogens with one attached hydrogen (secondary N) is 2. The molecule has 2 aromatic carbocycles. The van der Waals surface area contributed by atoms with Crippen LogP contribution in [0.4, 0.5) is 5.69 Å². The molecular formula is C25H32N6O. The Morgan fingerprint density at radius 1 is 1.16 bits per heavy atom. The maximum atomic E-state index is 5.56. The van der Waals surface area contributed by atoms with Gasteiger partial charge in [-0.15, -0.1) is 0 Å². The second-order valence-electron chi connectivity index (χ2n) is 7.98. The summed E-state index contributed by atoms with van der Waals surface area (Å²) < 4.78 is 7.73. The quantitative estimate of drug-likeness (QED) is 0.443. The highest BCUT2D eigenvalue weighted by atomic mass is 16.5. The van der Waals surface area contributed by atoms with Crippen LogP contribution >= 0.6 is 0 Å². The van der Waals surface area contributed by atoms with Gasteiger partial charge in [0, 0.05) is 45.1 Å². The maximum absolute atomic E-state index is 5.56. The topological polar surface area (TPSA) is 66.7 Å². The molecule has 1 atom stereocenters. The monoisotopic (exact) mass is 432 g/mol. The van der Waals surface area contributed by atoms with Gasteiger partial charge in [-0.1, -0.05) is 42.5 Å². The van der Waals surface area contributed by atoms with Crippen LogP contribution in [0, 0.1) is 0 Å². The molecule has 3 aromatic rings. The molecule has 32 heavy (non-hydrogen) atoms. The van der Waals surface area contributed by atoms with Crippen molar-refractivity contribution >= 4 is 11.6 Å². The lowest BCUT2D eigenvalue weighted by Crippen LogP contribution is -2.51. The van der Waals surface area contributed by atoms with E-state index < -0.39 is 0 Å². The van der Waals surface area contributed by atoms with Crippen LogP contribution in [0.5, 0.6) is 5.75 Å². The first-order valence-corrected chi connectivity index (χ1v) is 11.2. The first-order chi connectivity index (χ1) is 15.8. The molecule has 2 heterocycles. The summed E-state index contributed by atoms with van der Waals surface area (Å²) >= 11 is 0. The van der Waals surface area contributed by atoms with Gasteiger partial charge in [-0.2, -0.15) is 0 Å². The first-order valence-electron chi connectivity index (χ1n) is 11.2. The zero-order valence-corrected chi connectivity index (χ0v) is 18.9. The Balaban J connectivity index is 1.34. The zero-order chi connectivity index (χ0) is 22.2. The van der Waals surface area contributed by atoms with E-state index in [-0.39, 0.29) is 0 Å². The number of hydrogen-bond acceptors (Lipinski definition) is 4. The normalized spacial score (nSPS) is 16.6. The Morgan fingerprint density at radius 2 is 1.97 bits per heavy atom. The molecule has 0 saturated carbocycles. The zero-order valence-electron chi connectivity index (χ0n) is 18.9. The lowest BCUT2D eigenvalue weighted by atomic mass is 10.0. The smallest absolute Gasteiger partial charge is 0.191 e. The van der Waals surface area contributed by atoms with Crippen molar-refractivity contribution in [2.45, 2.75) is 32.0 Å². The van der Waals surface area contributed by atoms with Crippen LogP contribution in [0.15, 0.2) is 72.0 Å². The van der Waals surface area contributed by atoms with Crippen molar-refractivity contribution in [3.05, 3.63) is 78.4 Å². The Bertz CT molecular complexity index is 1020. The van der Waals surface area contributed by atoms with Crippen molar-refractivity contribution in [3.63, 3.8) is 0 Å². The Labute approximate surface area is 190 Å². The molecule has 2 N–H and O–H groups in total. The fraction of sp³-hybridized carbons (Fsp3) is 0.360. The van der Waals surface area contributed by atoms with Crippen LogP contribution in [0.25, 0.3) is 0 Å². The van der Waals surface area contributed by atoms with Crippen molar-refractivity contribution in [1.82, 2.24) is 20.2 Å². The van der Waals surface area contributed by atoms with E-state index in [1.807, 2.05) is 37.6 Å². The molecule has 1 aromatic heterocycles. The molecule has 1 saturated heterocycles. The van der Waals surface area contributed by atoms with E-state index in [0.717, 1.165) is 55.7 Å². The largest absolute Gasteiger partial charge is 0.495 e. The van der Waals surface area contributed by atoms with Gasteiger partial charge in [0.25, 0.3) is 0 Å². The number of imidazole rings is 1. The molecule has 0 amide bonds. The number of aliphatic imine (C=N–C) groups is 1. The average molecular weight is 433 g/mol. The summed E-state index contributed by atoms with van der Waals surface area (Å²) in [6.07, 6.45) is 6.10. The Kier molecular flexibility index (Phi) is 7.27. The van der Waals surface area contributed by atoms with E-state index in [0.29, 0.717) is 12.6 Å². The minimum Gasteiger partial charge on any atom is -0.495 e. The number of ether oxygens (including phenoxy) is 1. The number of rotatable bonds is 7. The fourth-order valence-corrected chi connectivity index (χ4v) is 4.19. The van der Waals surface area contributed by atoms with Crippen molar-refractivity contribution in [2.75, 3.05) is 32.1 Å². The van der Waals surface area contributed by atoms with Crippen molar-refractivity contribution in [3.8, 4) is 5.75 Å². The molecule has 1 fully saturated rings. The number of piperidine rings is 1. The molecule has 1 unspecified atom stereocenters. The van der Waals surface area contributed by atoms with Gasteiger partial charge in [0.2, 0.25) is 0 Å². The summed E-state index contributed by atoms with van der Waals surface area (Å²) in [6.45, 7) is 3.36. The minimum atomic E-state index is 0.309. The summed E-state index contributed by atoms with van der Waals surface area (Å²) in [4.78, 5) is 11.4. The number of aromatic nitrogens is 2. The van der Waals surface area contributed by atoms with Crippen molar-refractivity contribution < 1.29 is 4.74 Å². The molecule has 0 aliphatic carbocycles. The molecule has 168 valence electrons. The number of methoxy groups -OCH3 is 1. The molecule has 7 heteroatoms. The number of nitrogens with zero attached hydrogens (tertiary/aromatic N) is 4. The van der Waals surface area contributed by atoms with Gasteiger partial charge in [-0.25, -0.2) is 4.98 Å². The second-order valence-corrected chi connectivity index (χ2v) is 7.98. The van der Waals surface area contributed by atoms with Gasteiger partial charge >= 0.3 is 0 Å². The maximum Gasteiger partial charge on any atom is 0.191 e.